The molecule has 0 fully saturated rings. The Morgan fingerprint density at radius 2 is 0.778 bits per heavy atom. The standard InChI is InChI=1S/C34H68O2/c1-5-8-11-14-16-17-18-19-20-22-24-27-30-33(29-26-13-10-7-3)31-36-34(35)32(4)28-25-23-21-15-12-9-6-2/h32-33H,5-31H2,1-4H3. The summed E-state index contributed by atoms with van der Waals surface area (Å²) in [5, 5.41) is 0. The lowest BCUT2D eigenvalue weighted by molar-refractivity contribution is -0.149. The van der Waals surface area contributed by atoms with Crippen molar-refractivity contribution in [3.05, 3.63) is 0 Å². The highest BCUT2D eigenvalue weighted by atomic mass is 16.5. The van der Waals surface area contributed by atoms with Gasteiger partial charge >= 0.3 is 5.97 Å². The van der Waals surface area contributed by atoms with Crippen LogP contribution >= 0.6 is 0 Å². The van der Waals surface area contributed by atoms with E-state index in [-0.39, 0.29) is 11.9 Å². The highest BCUT2D eigenvalue weighted by molar-refractivity contribution is 5.71. The average Bonchev–Trinajstić information content (AvgIpc) is 2.88. The van der Waals surface area contributed by atoms with Gasteiger partial charge in [0.05, 0.1) is 12.5 Å². The summed E-state index contributed by atoms with van der Waals surface area (Å²) in [6, 6.07) is 0. The third-order valence-electron chi connectivity index (χ3n) is 8.04. The van der Waals surface area contributed by atoms with Crippen LogP contribution in [0.4, 0.5) is 0 Å². The molecule has 0 aliphatic heterocycles. The molecule has 2 nitrogen and oxygen atoms in total. The summed E-state index contributed by atoms with van der Waals surface area (Å²) in [5.74, 6) is 0.682. The van der Waals surface area contributed by atoms with Gasteiger partial charge in [0.15, 0.2) is 0 Å². The molecule has 2 heteroatoms. The summed E-state index contributed by atoms with van der Waals surface area (Å²) in [5.41, 5.74) is 0. The number of esters is 1. The first kappa shape index (κ1) is 35.5. The summed E-state index contributed by atoms with van der Waals surface area (Å²) in [4.78, 5) is 12.6. The van der Waals surface area contributed by atoms with E-state index in [9.17, 15) is 4.79 Å². The van der Waals surface area contributed by atoms with Crippen LogP contribution < -0.4 is 0 Å². The number of unbranched alkanes of at least 4 members (excludes halogenated alkanes) is 20. The van der Waals surface area contributed by atoms with Crippen LogP contribution in [-0.4, -0.2) is 12.6 Å². The molecular weight excluding hydrogens is 440 g/mol. The summed E-state index contributed by atoms with van der Waals surface area (Å²) >= 11 is 0. The molecular formula is C34H68O2. The molecule has 0 saturated carbocycles. The van der Waals surface area contributed by atoms with Gasteiger partial charge in [-0.3, -0.25) is 4.79 Å². The predicted octanol–water partition coefficient (Wildman–Crippen LogP) is 12.0. The summed E-state index contributed by atoms with van der Waals surface area (Å²) in [6.45, 7) is 9.56. The van der Waals surface area contributed by atoms with E-state index in [1.807, 2.05) is 0 Å². The molecule has 0 saturated heterocycles. The van der Waals surface area contributed by atoms with E-state index in [0.717, 1.165) is 6.42 Å². The molecule has 0 N–H and O–H groups in total. The van der Waals surface area contributed by atoms with Gasteiger partial charge < -0.3 is 4.74 Å². The fourth-order valence-electron chi connectivity index (χ4n) is 5.31. The van der Waals surface area contributed by atoms with Crippen molar-refractivity contribution in [1.82, 2.24) is 0 Å². The van der Waals surface area contributed by atoms with Crippen LogP contribution in [0.25, 0.3) is 0 Å². The fraction of sp³-hybridized carbons (Fsp3) is 0.971. The molecule has 36 heavy (non-hydrogen) atoms. The second-order valence-corrected chi connectivity index (χ2v) is 11.8. The largest absolute Gasteiger partial charge is 0.465 e. The van der Waals surface area contributed by atoms with Gasteiger partial charge in [0.2, 0.25) is 0 Å². The monoisotopic (exact) mass is 509 g/mol. The smallest absolute Gasteiger partial charge is 0.308 e. The zero-order valence-electron chi connectivity index (χ0n) is 25.6. The Hall–Kier alpha value is -0.530. The summed E-state index contributed by atoms with van der Waals surface area (Å²) < 4.78 is 5.85. The van der Waals surface area contributed by atoms with Crippen LogP contribution in [0.2, 0.25) is 0 Å². The molecule has 0 rings (SSSR count). The van der Waals surface area contributed by atoms with Gasteiger partial charge in [0.1, 0.15) is 0 Å². The molecule has 0 amide bonds. The van der Waals surface area contributed by atoms with Crippen LogP contribution in [0.3, 0.4) is 0 Å². The first-order valence-electron chi connectivity index (χ1n) is 16.8. The molecule has 0 aromatic rings. The first-order valence-corrected chi connectivity index (χ1v) is 16.8. The Balaban J connectivity index is 3.97. The van der Waals surface area contributed by atoms with Gasteiger partial charge in [-0.25, -0.2) is 0 Å². The van der Waals surface area contributed by atoms with Gasteiger partial charge in [-0.2, -0.15) is 0 Å². The van der Waals surface area contributed by atoms with E-state index in [0.29, 0.717) is 12.5 Å². The maximum Gasteiger partial charge on any atom is 0.308 e. The molecule has 0 spiro atoms. The van der Waals surface area contributed by atoms with Crippen molar-refractivity contribution >= 4 is 5.97 Å². The van der Waals surface area contributed by atoms with Crippen molar-refractivity contribution in [1.29, 1.82) is 0 Å². The normalized spacial score (nSPS) is 13.1. The van der Waals surface area contributed by atoms with Gasteiger partial charge in [0.25, 0.3) is 0 Å². The number of hydrogen-bond acceptors (Lipinski definition) is 2. The van der Waals surface area contributed by atoms with Gasteiger partial charge in [0, 0.05) is 0 Å². The molecule has 0 radical (unpaired) electrons. The van der Waals surface area contributed by atoms with E-state index in [4.69, 9.17) is 4.74 Å². The SMILES string of the molecule is CCCCCCCCCCCCCCC(CCCCCC)COC(=O)C(C)CCCCCCCCC. The lowest BCUT2D eigenvalue weighted by atomic mass is 9.94. The quantitative estimate of drug-likeness (QED) is 0.0741. The lowest BCUT2D eigenvalue weighted by Gasteiger charge is -2.19. The van der Waals surface area contributed by atoms with Gasteiger partial charge in [-0.15, -0.1) is 0 Å². The molecule has 2 unspecified atom stereocenters. The highest BCUT2D eigenvalue weighted by Gasteiger charge is 2.17. The highest BCUT2D eigenvalue weighted by Crippen LogP contribution is 2.21. The maximum absolute atomic E-state index is 12.6. The molecule has 0 aromatic carbocycles. The van der Waals surface area contributed by atoms with Crippen LogP contribution in [0, 0.1) is 11.8 Å². The van der Waals surface area contributed by atoms with Crippen LogP contribution in [0.1, 0.15) is 195 Å². The van der Waals surface area contributed by atoms with E-state index < -0.39 is 0 Å². The second-order valence-electron chi connectivity index (χ2n) is 11.8. The Labute approximate surface area is 228 Å². The zero-order valence-corrected chi connectivity index (χ0v) is 25.6. The van der Waals surface area contributed by atoms with Gasteiger partial charge in [-0.05, 0) is 25.2 Å². The van der Waals surface area contributed by atoms with Crippen molar-refractivity contribution in [3.63, 3.8) is 0 Å². The van der Waals surface area contributed by atoms with E-state index in [2.05, 4.69) is 27.7 Å². The lowest BCUT2D eigenvalue weighted by Crippen LogP contribution is -2.20. The molecule has 0 aromatic heterocycles. The molecule has 216 valence electrons. The second kappa shape index (κ2) is 29.0. The Bertz CT molecular complexity index is 433. The minimum atomic E-state index is 0.0502. The van der Waals surface area contributed by atoms with Gasteiger partial charge in [-0.1, -0.05) is 175 Å². The minimum absolute atomic E-state index is 0.0502. The number of carbonyl (C=O) groups is 1. The Morgan fingerprint density at radius 1 is 0.472 bits per heavy atom. The number of carbonyl (C=O) groups excluding carboxylic acids is 1. The van der Waals surface area contributed by atoms with Crippen LogP contribution in [0.5, 0.6) is 0 Å². The maximum atomic E-state index is 12.6. The van der Waals surface area contributed by atoms with Crippen molar-refractivity contribution in [3.8, 4) is 0 Å². The molecule has 0 heterocycles. The van der Waals surface area contributed by atoms with Crippen molar-refractivity contribution in [2.45, 2.75) is 195 Å². The number of hydrogen-bond donors (Lipinski definition) is 0. The van der Waals surface area contributed by atoms with Crippen LogP contribution in [0.15, 0.2) is 0 Å². The Kier molecular flexibility index (Phi) is 28.6. The summed E-state index contributed by atoms with van der Waals surface area (Å²) in [7, 11) is 0. The Morgan fingerprint density at radius 3 is 1.17 bits per heavy atom. The molecule has 0 bridgehead atoms. The van der Waals surface area contributed by atoms with E-state index in [1.54, 1.807) is 0 Å². The van der Waals surface area contributed by atoms with Crippen molar-refractivity contribution < 1.29 is 9.53 Å². The predicted molar refractivity (Wildman–Crippen MR) is 161 cm³/mol. The molecule has 2 atom stereocenters. The third kappa shape index (κ3) is 25.1. The fourth-order valence-corrected chi connectivity index (χ4v) is 5.31. The summed E-state index contributed by atoms with van der Waals surface area (Å²) in [6.07, 6.45) is 34.7. The number of rotatable bonds is 29. The molecule has 0 aliphatic rings. The van der Waals surface area contributed by atoms with Crippen LogP contribution in [-0.2, 0) is 9.53 Å². The molecule has 0 aliphatic carbocycles. The first-order chi connectivity index (χ1) is 17.7. The number of ether oxygens (including phenoxy) is 1. The zero-order chi connectivity index (χ0) is 26.5. The van der Waals surface area contributed by atoms with Crippen molar-refractivity contribution in [2.24, 2.45) is 11.8 Å². The third-order valence-corrected chi connectivity index (χ3v) is 8.04. The van der Waals surface area contributed by atoms with Crippen molar-refractivity contribution in [2.75, 3.05) is 6.61 Å². The minimum Gasteiger partial charge on any atom is -0.465 e. The average molecular weight is 509 g/mol. The van der Waals surface area contributed by atoms with E-state index >= 15 is 0 Å². The topological polar surface area (TPSA) is 26.3 Å². The van der Waals surface area contributed by atoms with E-state index in [1.165, 1.54) is 161 Å².